The first kappa shape index (κ1) is 21.7. The molecular weight excluding hydrogens is 443 g/mol. The van der Waals surface area contributed by atoms with E-state index in [1.54, 1.807) is 12.1 Å². The molecule has 1 aliphatic heterocycles. The third-order valence-corrected chi connectivity index (χ3v) is 4.10. The van der Waals surface area contributed by atoms with E-state index < -0.39 is 6.61 Å². The Bertz CT molecular complexity index is 573. The lowest BCUT2D eigenvalue weighted by Crippen LogP contribution is -2.43. The molecule has 1 saturated heterocycles. The third-order valence-electron chi connectivity index (χ3n) is 4.10. The van der Waals surface area contributed by atoms with Gasteiger partial charge in [0.25, 0.3) is 0 Å². The molecule has 1 atom stereocenters. The van der Waals surface area contributed by atoms with E-state index in [1.807, 2.05) is 6.07 Å². The van der Waals surface area contributed by atoms with E-state index in [4.69, 9.17) is 10.5 Å². The predicted octanol–water partition coefficient (Wildman–Crippen LogP) is 3.50. The highest BCUT2D eigenvalue weighted by atomic mass is 127. The highest BCUT2D eigenvalue weighted by molar-refractivity contribution is 14.0. The fourth-order valence-electron chi connectivity index (χ4n) is 2.86. The number of nitrogens with two attached hydrogens (primary N) is 1. The molecule has 142 valence electrons. The van der Waals surface area contributed by atoms with Crippen molar-refractivity contribution in [3.63, 3.8) is 0 Å². The van der Waals surface area contributed by atoms with Gasteiger partial charge in [-0.25, -0.2) is 0 Å². The quantitative estimate of drug-likeness (QED) is 0.394. The van der Waals surface area contributed by atoms with Gasteiger partial charge in [-0.05, 0) is 42.9 Å². The van der Waals surface area contributed by atoms with Crippen molar-refractivity contribution in [1.82, 2.24) is 4.90 Å². The normalized spacial score (nSPS) is 18.0. The fraction of sp³-hybridized carbons (Fsp3) is 0.588. The summed E-state index contributed by atoms with van der Waals surface area (Å²) < 4.78 is 34.4. The van der Waals surface area contributed by atoms with E-state index in [1.165, 1.54) is 13.5 Å². The van der Waals surface area contributed by atoms with Gasteiger partial charge in [0.15, 0.2) is 17.5 Å². The molecule has 1 aliphatic rings. The summed E-state index contributed by atoms with van der Waals surface area (Å²) in [4.78, 5) is 6.52. The Balaban J connectivity index is 0.00000312. The molecule has 0 spiro atoms. The molecule has 5 nitrogen and oxygen atoms in total. The number of ether oxygens (including phenoxy) is 2. The number of aliphatic imine (C=N–C) groups is 1. The van der Waals surface area contributed by atoms with Gasteiger partial charge in [0.05, 0.1) is 7.11 Å². The second-order valence-corrected chi connectivity index (χ2v) is 6.05. The number of nitrogens with zero attached hydrogens (tertiary/aromatic N) is 2. The van der Waals surface area contributed by atoms with Crippen LogP contribution in [0.25, 0.3) is 0 Å². The van der Waals surface area contributed by atoms with Crippen molar-refractivity contribution < 1.29 is 18.3 Å². The molecular formula is C17H26F2IN3O2. The lowest BCUT2D eigenvalue weighted by atomic mass is 10.0. The number of hydrogen-bond donors (Lipinski definition) is 1. The van der Waals surface area contributed by atoms with Crippen molar-refractivity contribution in [3.05, 3.63) is 23.8 Å². The number of piperidine rings is 1. The first-order chi connectivity index (χ1) is 11.5. The van der Waals surface area contributed by atoms with Gasteiger partial charge in [0.1, 0.15) is 0 Å². The Kier molecular flexibility index (Phi) is 9.23. The molecule has 8 heteroatoms. The minimum Gasteiger partial charge on any atom is -0.493 e. The van der Waals surface area contributed by atoms with Crippen LogP contribution in [0.15, 0.2) is 23.2 Å². The predicted molar refractivity (Wildman–Crippen MR) is 105 cm³/mol. The Morgan fingerprint density at radius 3 is 2.80 bits per heavy atom. The summed E-state index contributed by atoms with van der Waals surface area (Å²) in [5.41, 5.74) is 6.89. The van der Waals surface area contributed by atoms with Crippen molar-refractivity contribution in [2.75, 3.05) is 26.7 Å². The summed E-state index contributed by atoms with van der Waals surface area (Å²) >= 11 is 0. The molecule has 1 fully saturated rings. The maximum atomic E-state index is 12.4. The lowest BCUT2D eigenvalue weighted by molar-refractivity contribution is -0.0512. The summed E-state index contributed by atoms with van der Waals surface area (Å²) in [5.74, 6) is 1.50. The van der Waals surface area contributed by atoms with Gasteiger partial charge in [0.2, 0.25) is 0 Å². The number of methoxy groups -OCH3 is 1. The summed E-state index contributed by atoms with van der Waals surface area (Å²) in [6, 6.07) is 4.98. The first-order valence-electron chi connectivity index (χ1n) is 8.16. The summed E-state index contributed by atoms with van der Waals surface area (Å²) in [6.45, 7) is 1.70. The summed E-state index contributed by atoms with van der Waals surface area (Å²) in [6.07, 6.45) is 2.94. The second-order valence-electron chi connectivity index (χ2n) is 6.05. The van der Waals surface area contributed by atoms with Crippen LogP contribution < -0.4 is 15.2 Å². The van der Waals surface area contributed by atoms with Crippen LogP contribution in [-0.4, -0.2) is 44.2 Å². The SMILES string of the molecule is COc1ccc(CCN=C(N)N2CCCC(C)C2)cc1OC(F)F.I. The molecule has 1 unspecified atom stereocenters. The number of benzene rings is 1. The number of rotatable bonds is 6. The van der Waals surface area contributed by atoms with Crippen LogP contribution in [0.4, 0.5) is 8.78 Å². The highest BCUT2D eigenvalue weighted by Gasteiger charge is 2.17. The minimum absolute atomic E-state index is 0. The zero-order valence-electron chi connectivity index (χ0n) is 14.6. The zero-order chi connectivity index (χ0) is 17.5. The van der Waals surface area contributed by atoms with Crippen LogP contribution >= 0.6 is 24.0 Å². The van der Waals surface area contributed by atoms with Crippen LogP contribution in [0, 0.1) is 5.92 Å². The number of halogens is 3. The van der Waals surface area contributed by atoms with Crippen molar-refractivity contribution in [2.45, 2.75) is 32.8 Å². The molecule has 0 amide bonds. The molecule has 0 aromatic heterocycles. The number of hydrogen-bond acceptors (Lipinski definition) is 3. The Morgan fingerprint density at radius 2 is 2.16 bits per heavy atom. The first-order valence-corrected chi connectivity index (χ1v) is 8.16. The molecule has 1 heterocycles. The van der Waals surface area contributed by atoms with Gasteiger partial charge >= 0.3 is 6.61 Å². The van der Waals surface area contributed by atoms with E-state index >= 15 is 0 Å². The zero-order valence-corrected chi connectivity index (χ0v) is 16.9. The molecule has 1 aromatic carbocycles. The van der Waals surface area contributed by atoms with Gasteiger partial charge in [0, 0.05) is 19.6 Å². The molecule has 0 aliphatic carbocycles. The average Bonchev–Trinajstić information content (AvgIpc) is 2.54. The Hall–Kier alpha value is -1.32. The fourth-order valence-corrected chi connectivity index (χ4v) is 2.86. The molecule has 0 saturated carbocycles. The van der Waals surface area contributed by atoms with Crippen molar-refractivity contribution in [1.29, 1.82) is 0 Å². The lowest BCUT2D eigenvalue weighted by Gasteiger charge is -2.31. The third kappa shape index (κ3) is 6.83. The van der Waals surface area contributed by atoms with Crippen LogP contribution in [-0.2, 0) is 6.42 Å². The van der Waals surface area contributed by atoms with Crippen LogP contribution in [0.1, 0.15) is 25.3 Å². The van der Waals surface area contributed by atoms with Gasteiger partial charge in [-0.2, -0.15) is 8.78 Å². The molecule has 25 heavy (non-hydrogen) atoms. The molecule has 0 bridgehead atoms. The van der Waals surface area contributed by atoms with Crippen LogP contribution in [0.2, 0.25) is 0 Å². The standard InChI is InChI=1S/C17H25F2N3O2.HI/c1-12-4-3-9-22(11-12)17(20)21-8-7-13-5-6-14(23-2)15(10-13)24-16(18)19;/h5-6,10,12,16H,3-4,7-9,11H2,1-2H3,(H2,20,21);1H. The summed E-state index contributed by atoms with van der Waals surface area (Å²) in [5, 5.41) is 0. The second kappa shape index (κ2) is 10.6. The molecule has 1 aromatic rings. The number of guanidine groups is 1. The van der Waals surface area contributed by atoms with Crippen LogP contribution in [0.3, 0.4) is 0 Å². The highest BCUT2D eigenvalue weighted by Crippen LogP contribution is 2.29. The van der Waals surface area contributed by atoms with Crippen molar-refractivity contribution in [3.8, 4) is 11.5 Å². The van der Waals surface area contributed by atoms with Gasteiger partial charge in [-0.15, -0.1) is 24.0 Å². The van der Waals surface area contributed by atoms with E-state index in [9.17, 15) is 8.78 Å². The van der Waals surface area contributed by atoms with E-state index in [0.29, 0.717) is 24.8 Å². The average molecular weight is 469 g/mol. The van der Waals surface area contributed by atoms with Gasteiger partial charge in [-0.1, -0.05) is 13.0 Å². The smallest absolute Gasteiger partial charge is 0.387 e. The molecule has 0 radical (unpaired) electrons. The van der Waals surface area contributed by atoms with Gasteiger partial charge in [-0.3, -0.25) is 4.99 Å². The number of alkyl halides is 2. The monoisotopic (exact) mass is 469 g/mol. The number of likely N-dealkylation sites (tertiary alicyclic amines) is 1. The maximum absolute atomic E-state index is 12.4. The van der Waals surface area contributed by atoms with E-state index in [0.717, 1.165) is 25.1 Å². The van der Waals surface area contributed by atoms with E-state index in [-0.39, 0.29) is 35.5 Å². The maximum Gasteiger partial charge on any atom is 0.387 e. The van der Waals surface area contributed by atoms with E-state index in [2.05, 4.69) is 21.6 Å². The Morgan fingerprint density at radius 1 is 1.40 bits per heavy atom. The van der Waals surface area contributed by atoms with Crippen molar-refractivity contribution >= 4 is 29.9 Å². The Labute approximate surface area is 164 Å². The summed E-state index contributed by atoms with van der Waals surface area (Å²) in [7, 11) is 1.41. The molecule has 2 N–H and O–H groups in total. The van der Waals surface area contributed by atoms with Crippen molar-refractivity contribution in [2.24, 2.45) is 16.6 Å². The molecule has 2 rings (SSSR count). The topological polar surface area (TPSA) is 60.1 Å². The minimum atomic E-state index is -2.89. The van der Waals surface area contributed by atoms with Gasteiger partial charge < -0.3 is 20.1 Å². The van der Waals surface area contributed by atoms with Crippen LogP contribution in [0.5, 0.6) is 11.5 Å². The largest absolute Gasteiger partial charge is 0.493 e.